The predicted octanol–water partition coefficient (Wildman–Crippen LogP) is 4.35. The zero-order valence-corrected chi connectivity index (χ0v) is 15.0. The summed E-state index contributed by atoms with van der Waals surface area (Å²) in [5, 5.41) is 12.9. The van der Waals surface area contributed by atoms with Gasteiger partial charge in [-0.25, -0.2) is 0 Å². The summed E-state index contributed by atoms with van der Waals surface area (Å²) in [4.78, 5) is 4.32. The van der Waals surface area contributed by atoms with Crippen LogP contribution in [0.1, 0.15) is 18.4 Å². The zero-order valence-electron chi connectivity index (χ0n) is 13.4. The van der Waals surface area contributed by atoms with Crippen LogP contribution in [-0.2, 0) is 6.61 Å². The van der Waals surface area contributed by atoms with Crippen LogP contribution in [-0.4, -0.2) is 16.7 Å². The van der Waals surface area contributed by atoms with Crippen LogP contribution >= 0.6 is 15.9 Å². The highest BCUT2D eigenvalue weighted by molar-refractivity contribution is 9.10. The smallest absolute Gasteiger partial charge is 0.264 e. The molecular weight excluding hydrogens is 386 g/mol. The van der Waals surface area contributed by atoms with Crippen LogP contribution in [0, 0.1) is 11.3 Å². The van der Waals surface area contributed by atoms with Gasteiger partial charge in [-0.15, -0.1) is 0 Å². The first-order valence-corrected chi connectivity index (χ1v) is 8.37. The van der Waals surface area contributed by atoms with Crippen LogP contribution < -0.4 is 9.47 Å². The molecule has 0 unspecified atom stereocenters. The van der Waals surface area contributed by atoms with Crippen LogP contribution in [0.15, 0.2) is 51.5 Å². The van der Waals surface area contributed by atoms with E-state index in [2.05, 4.69) is 32.1 Å². The van der Waals surface area contributed by atoms with Crippen LogP contribution in [0.4, 0.5) is 0 Å². The van der Waals surface area contributed by atoms with Crippen molar-refractivity contribution < 1.29 is 14.0 Å². The van der Waals surface area contributed by atoms with E-state index in [-0.39, 0.29) is 6.61 Å². The average molecular weight is 400 g/mol. The quantitative estimate of drug-likeness (QED) is 0.612. The van der Waals surface area contributed by atoms with E-state index in [0.717, 1.165) is 10.0 Å². The summed E-state index contributed by atoms with van der Waals surface area (Å²) in [6.07, 6.45) is 0. The fraction of sp³-hybridized carbons (Fsp3) is 0.167. The van der Waals surface area contributed by atoms with E-state index in [0.29, 0.717) is 35.4 Å². The summed E-state index contributed by atoms with van der Waals surface area (Å²) in [5.41, 5.74) is 1.36. The Balaban J connectivity index is 1.72. The van der Waals surface area contributed by atoms with Crippen molar-refractivity contribution in [1.82, 2.24) is 10.1 Å². The molecule has 3 aromatic rings. The largest absolute Gasteiger partial charge is 0.490 e. The Kier molecular flexibility index (Phi) is 5.31. The van der Waals surface area contributed by atoms with E-state index >= 15 is 0 Å². The Morgan fingerprint density at radius 2 is 1.92 bits per heavy atom. The second kappa shape index (κ2) is 7.81. The molecule has 0 bridgehead atoms. The summed E-state index contributed by atoms with van der Waals surface area (Å²) in [6.45, 7) is 2.44. The van der Waals surface area contributed by atoms with E-state index in [1.165, 1.54) is 0 Å². The number of hydrogen-bond donors (Lipinski definition) is 0. The summed E-state index contributed by atoms with van der Waals surface area (Å²) in [5.74, 6) is 1.87. The summed E-state index contributed by atoms with van der Waals surface area (Å²) in [6, 6.07) is 14.7. The second-order valence-corrected chi connectivity index (χ2v) is 5.93. The molecule has 0 aliphatic heterocycles. The fourth-order valence-corrected chi connectivity index (χ4v) is 2.40. The molecule has 7 heteroatoms. The van der Waals surface area contributed by atoms with Crippen LogP contribution in [0.2, 0.25) is 0 Å². The lowest BCUT2D eigenvalue weighted by Crippen LogP contribution is -2.00. The molecule has 0 saturated heterocycles. The van der Waals surface area contributed by atoms with Gasteiger partial charge in [-0.1, -0.05) is 21.1 Å². The maximum atomic E-state index is 8.97. The molecule has 0 aliphatic rings. The molecule has 0 spiro atoms. The van der Waals surface area contributed by atoms with Gasteiger partial charge in [-0.2, -0.15) is 10.2 Å². The Morgan fingerprint density at radius 3 is 2.64 bits per heavy atom. The minimum Gasteiger partial charge on any atom is -0.490 e. The molecule has 0 fully saturated rings. The van der Waals surface area contributed by atoms with Gasteiger partial charge in [0.25, 0.3) is 5.89 Å². The number of ether oxygens (including phenoxy) is 2. The SMILES string of the molecule is CCOc1cc(C#N)ccc1OCc1nc(-c2ccc(Br)cc2)no1. The molecule has 126 valence electrons. The third-order valence-corrected chi connectivity index (χ3v) is 3.82. The first-order chi connectivity index (χ1) is 12.2. The van der Waals surface area contributed by atoms with Gasteiger partial charge in [0, 0.05) is 16.1 Å². The molecule has 1 aromatic heterocycles. The lowest BCUT2D eigenvalue weighted by atomic mass is 10.2. The van der Waals surface area contributed by atoms with Crippen molar-refractivity contribution in [3.8, 4) is 29.0 Å². The van der Waals surface area contributed by atoms with Gasteiger partial charge in [-0.05, 0) is 43.3 Å². The third-order valence-electron chi connectivity index (χ3n) is 3.29. The lowest BCUT2D eigenvalue weighted by Gasteiger charge is -2.10. The highest BCUT2D eigenvalue weighted by atomic mass is 79.9. The predicted molar refractivity (Wildman–Crippen MR) is 94.1 cm³/mol. The fourth-order valence-electron chi connectivity index (χ4n) is 2.13. The van der Waals surface area contributed by atoms with Crippen LogP contribution in [0.5, 0.6) is 11.5 Å². The van der Waals surface area contributed by atoms with Crippen molar-refractivity contribution in [3.63, 3.8) is 0 Å². The third kappa shape index (κ3) is 4.17. The van der Waals surface area contributed by atoms with Gasteiger partial charge in [0.1, 0.15) is 0 Å². The molecule has 3 rings (SSSR count). The van der Waals surface area contributed by atoms with Crippen molar-refractivity contribution in [2.45, 2.75) is 13.5 Å². The van der Waals surface area contributed by atoms with E-state index in [1.54, 1.807) is 18.2 Å². The molecule has 0 aliphatic carbocycles. The Morgan fingerprint density at radius 1 is 1.12 bits per heavy atom. The molecular formula is C18H14BrN3O3. The molecule has 25 heavy (non-hydrogen) atoms. The first-order valence-electron chi connectivity index (χ1n) is 7.58. The van der Waals surface area contributed by atoms with Crippen molar-refractivity contribution in [2.24, 2.45) is 0 Å². The maximum absolute atomic E-state index is 8.97. The number of rotatable bonds is 6. The number of aromatic nitrogens is 2. The molecule has 1 heterocycles. The topological polar surface area (TPSA) is 81.2 Å². The molecule has 2 aromatic carbocycles. The molecule has 0 saturated carbocycles. The Hall–Kier alpha value is -2.85. The zero-order chi connectivity index (χ0) is 17.6. The van der Waals surface area contributed by atoms with Crippen LogP contribution in [0.25, 0.3) is 11.4 Å². The highest BCUT2D eigenvalue weighted by Crippen LogP contribution is 2.29. The van der Waals surface area contributed by atoms with Gasteiger partial charge in [0.2, 0.25) is 5.82 Å². The van der Waals surface area contributed by atoms with Gasteiger partial charge in [-0.3, -0.25) is 0 Å². The van der Waals surface area contributed by atoms with Crippen molar-refractivity contribution in [2.75, 3.05) is 6.61 Å². The normalized spacial score (nSPS) is 10.3. The van der Waals surface area contributed by atoms with E-state index < -0.39 is 0 Å². The van der Waals surface area contributed by atoms with Crippen LogP contribution in [0.3, 0.4) is 0 Å². The Bertz CT molecular complexity index is 901. The molecule has 6 nitrogen and oxygen atoms in total. The van der Waals surface area contributed by atoms with Gasteiger partial charge in [0.05, 0.1) is 18.2 Å². The van der Waals surface area contributed by atoms with Crippen molar-refractivity contribution in [3.05, 3.63) is 58.4 Å². The summed E-state index contributed by atoms with van der Waals surface area (Å²) >= 11 is 3.39. The summed E-state index contributed by atoms with van der Waals surface area (Å²) in [7, 11) is 0. The second-order valence-electron chi connectivity index (χ2n) is 5.01. The number of nitriles is 1. The van der Waals surface area contributed by atoms with E-state index in [4.69, 9.17) is 19.3 Å². The number of nitrogens with zero attached hydrogens (tertiary/aromatic N) is 3. The molecule has 0 atom stereocenters. The number of benzene rings is 2. The van der Waals surface area contributed by atoms with E-state index in [1.807, 2.05) is 31.2 Å². The van der Waals surface area contributed by atoms with Gasteiger partial charge in [0.15, 0.2) is 18.1 Å². The van der Waals surface area contributed by atoms with Gasteiger partial charge >= 0.3 is 0 Å². The number of halogens is 1. The first kappa shape index (κ1) is 17.0. The monoisotopic (exact) mass is 399 g/mol. The van der Waals surface area contributed by atoms with Crippen molar-refractivity contribution in [1.29, 1.82) is 5.26 Å². The molecule has 0 N–H and O–H groups in total. The average Bonchev–Trinajstić information content (AvgIpc) is 3.10. The summed E-state index contributed by atoms with van der Waals surface area (Å²) < 4.78 is 17.4. The van der Waals surface area contributed by atoms with Gasteiger partial charge < -0.3 is 14.0 Å². The Labute approximate surface area is 153 Å². The minimum absolute atomic E-state index is 0.107. The number of hydrogen-bond acceptors (Lipinski definition) is 6. The minimum atomic E-state index is 0.107. The highest BCUT2D eigenvalue weighted by Gasteiger charge is 2.12. The standard InChI is InChI=1S/C18H14BrN3O3/c1-2-23-16-9-12(10-20)3-8-15(16)24-11-17-21-18(22-25-17)13-4-6-14(19)7-5-13/h3-9H,2,11H2,1H3. The van der Waals surface area contributed by atoms with Crippen molar-refractivity contribution >= 4 is 15.9 Å². The molecule has 0 radical (unpaired) electrons. The van der Waals surface area contributed by atoms with E-state index in [9.17, 15) is 0 Å². The molecule has 0 amide bonds. The lowest BCUT2D eigenvalue weighted by molar-refractivity contribution is 0.228. The maximum Gasteiger partial charge on any atom is 0.264 e.